The lowest BCUT2D eigenvalue weighted by Crippen LogP contribution is -2.05. The maximum atomic E-state index is 11.9. The van der Waals surface area contributed by atoms with Crippen LogP contribution in [0.4, 0.5) is 0 Å². The zero-order chi connectivity index (χ0) is 20.3. The number of aromatic nitrogens is 4. The van der Waals surface area contributed by atoms with Gasteiger partial charge in [-0.05, 0) is 31.9 Å². The molecule has 28 heavy (non-hydrogen) atoms. The predicted molar refractivity (Wildman–Crippen MR) is 111 cm³/mol. The van der Waals surface area contributed by atoms with E-state index in [2.05, 4.69) is 23.9 Å². The summed E-state index contributed by atoms with van der Waals surface area (Å²) in [6.07, 6.45) is 8.35. The standard InChI is InChI=1S/C21H23ClN4O2/c1-5-26-21-17(12-24-26)19(14-9-15(22)11-23-10-14)16(20(25-21)13(3)4)7-8-18(27)28-6-2/h7-13H,5-6H2,1-4H3. The number of hydrogen-bond donors (Lipinski definition) is 0. The van der Waals surface area contributed by atoms with E-state index in [1.165, 1.54) is 6.08 Å². The first kappa shape index (κ1) is 20.0. The molecule has 0 saturated carbocycles. The van der Waals surface area contributed by atoms with Gasteiger partial charge in [-0.2, -0.15) is 5.10 Å². The first-order chi connectivity index (χ1) is 13.5. The van der Waals surface area contributed by atoms with Crippen molar-refractivity contribution in [3.8, 4) is 11.1 Å². The molecule has 7 heteroatoms. The molecule has 0 atom stereocenters. The van der Waals surface area contributed by atoms with Crippen molar-refractivity contribution in [3.63, 3.8) is 0 Å². The van der Waals surface area contributed by atoms with Crippen molar-refractivity contribution < 1.29 is 9.53 Å². The molecule has 3 rings (SSSR count). The fourth-order valence-corrected chi connectivity index (χ4v) is 3.34. The molecule has 0 radical (unpaired) electrons. The van der Waals surface area contributed by atoms with Crippen molar-refractivity contribution in [2.45, 2.75) is 40.2 Å². The second-order valence-electron chi connectivity index (χ2n) is 6.62. The first-order valence-corrected chi connectivity index (χ1v) is 9.69. The third kappa shape index (κ3) is 3.92. The molecule has 0 bridgehead atoms. The third-order valence-electron chi connectivity index (χ3n) is 4.37. The van der Waals surface area contributed by atoms with E-state index in [1.807, 2.05) is 17.7 Å². The number of aryl methyl sites for hydroxylation is 1. The van der Waals surface area contributed by atoms with Crippen LogP contribution in [0.1, 0.15) is 44.9 Å². The Morgan fingerprint density at radius 3 is 2.71 bits per heavy atom. The molecule has 6 nitrogen and oxygen atoms in total. The summed E-state index contributed by atoms with van der Waals surface area (Å²) in [4.78, 5) is 21.1. The molecule has 146 valence electrons. The molecule has 3 heterocycles. The van der Waals surface area contributed by atoms with Crippen molar-refractivity contribution >= 4 is 34.7 Å². The van der Waals surface area contributed by atoms with Gasteiger partial charge in [0.25, 0.3) is 0 Å². The van der Waals surface area contributed by atoms with Crippen LogP contribution in [0.2, 0.25) is 5.02 Å². The van der Waals surface area contributed by atoms with Crippen LogP contribution in [0.3, 0.4) is 0 Å². The monoisotopic (exact) mass is 398 g/mol. The molecule has 0 aromatic carbocycles. The minimum absolute atomic E-state index is 0.136. The Hall–Kier alpha value is -2.73. The highest BCUT2D eigenvalue weighted by Gasteiger charge is 2.20. The van der Waals surface area contributed by atoms with E-state index in [-0.39, 0.29) is 5.92 Å². The number of carbonyl (C=O) groups is 1. The average molecular weight is 399 g/mol. The highest BCUT2D eigenvalue weighted by molar-refractivity contribution is 6.30. The maximum Gasteiger partial charge on any atom is 0.330 e. The van der Waals surface area contributed by atoms with E-state index in [0.29, 0.717) is 18.2 Å². The van der Waals surface area contributed by atoms with Crippen LogP contribution in [-0.4, -0.2) is 32.3 Å². The quantitative estimate of drug-likeness (QED) is 0.437. The van der Waals surface area contributed by atoms with Gasteiger partial charge in [-0.1, -0.05) is 25.4 Å². The molecular weight excluding hydrogens is 376 g/mol. The van der Waals surface area contributed by atoms with E-state index in [1.54, 1.807) is 31.6 Å². The van der Waals surface area contributed by atoms with Crippen molar-refractivity contribution in [2.75, 3.05) is 6.61 Å². The minimum atomic E-state index is -0.392. The molecule has 0 saturated heterocycles. The molecule has 3 aromatic rings. The van der Waals surface area contributed by atoms with Gasteiger partial charge < -0.3 is 4.74 Å². The lowest BCUT2D eigenvalue weighted by atomic mass is 9.93. The molecular formula is C21H23ClN4O2. The highest BCUT2D eigenvalue weighted by atomic mass is 35.5. The topological polar surface area (TPSA) is 69.9 Å². The molecule has 0 amide bonds. The van der Waals surface area contributed by atoms with Crippen LogP contribution in [0.25, 0.3) is 28.2 Å². The van der Waals surface area contributed by atoms with Crippen LogP contribution in [-0.2, 0) is 16.1 Å². The summed E-state index contributed by atoms with van der Waals surface area (Å²) in [5.74, 6) is -0.255. The van der Waals surface area contributed by atoms with Crippen LogP contribution in [0.5, 0.6) is 0 Å². The van der Waals surface area contributed by atoms with Gasteiger partial charge in [-0.15, -0.1) is 0 Å². The van der Waals surface area contributed by atoms with Crippen molar-refractivity contribution in [1.29, 1.82) is 0 Å². The van der Waals surface area contributed by atoms with E-state index >= 15 is 0 Å². The van der Waals surface area contributed by atoms with E-state index < -0.39 is 5.97 Å². The highest BCUT2D eigenvalue weighted by Crippen LogP contribution is 2.36. The van der Waals surface area contributed by atoms with Gasteiger partial charge in [0, 0.05) is 47.1 Å². The van der Waals surface area contributed by atoms with Gasteiger partial charge in [0.05, 0.1) is 23.5 Å². The minimum Gasteiger partial charge on any atom is -0.463 e. The van der Waals surface area contributed by atoms with Gasteiger partial charge in [-0.25, -0.2) is 14.5 Å². The summed E-state index contributed by atoms with van der Waals surface area (Å²) >= 11 is 6.21. The lowest BCUT2D eigenvalue weighted by molar-refractivity contribution is -0.137. The summed E-state index contributed by atoms with van der Waals surface area (Å²) < 4.78 is 6.90. The van der Waals surface area contributed by atoms with Gasteiger partial charge in [-0.3, -0.25) is 4.98 Å². The second kappa shape index (κ2) is 8.52. The van der Waals surface area contributed by atoms with Crippen molar-refractivity contribution in [2.24, 2.45) is 0 Å². The summed E-state index contributed by atoms with van der Waals surface area (Å²) in [7, 11) is 0. The second-order valence-corrected chi connectivity index (χ2v) is 7.05. The number of fused-ring (bicyclic) bond motifs is 1. The fourth-order valence-electron chi connectivity index (χ4n) is 3.16. The summed E-state index contributed by atoms with van der Waals surface area (Å²) in [6.45, 7) is 8.98. The molecule has 3 aromatic heterocycles. The zero-order valence-corrected chi connectivity index (χ0v) is 17.2. The van der Waals surface area contributed by atoms with E-state index in [0.717, 1.165) is 33.4 Å². The maximum absolute atomic E-state index is 11.9. The van der Waals surface area contributed by atoms with Crippen LogP contribution in [0, 0.1) is 0 Å². The number of esters is 1. The summed E-state index contributed by atoms with van der Waals surface area (Å²) in [5.41, 5.74) is 4.27. The smallest absolute Gasteiger partial charge is 0.330 e. The number of pyridine rings is 2. The molecule has 0 spiro atoms. The Bertz CT molecular complexity index is 1040. The Morgan fingerprint density at radius 2 is 2.07 bits per heavy atom. The first-order valence-electron chi connectivity index (χ1n) is 9.31. The summed E-state index contributed by atoms with van der Waals surface area (Å²) in [6, 6.07) is 1.86. The van der Waals surface area contributed by atoms with E-state index in [9.17, 15) is 4.79 Å². The fraction of sp³-hybridized carbons (Fsp3) is 0.333. The molecule has 0 unspecified atom stereocenters. The van der Waals surface area contributed by atoms with Gasteiger partial charge >= 0.3 is 5.97 Å². The SMILES string of the molecule is CCOC(=O)C=Cc1c(C(C)C)nc2c(cnn2CC)c1-c1cncc(Cl)c1. The predicted octanol–water partition coefficient (Wildman–Crippen LogP) is 4.87. The normalized spacial score (nSPS) is 11.6. The summed E-state index contributed by atoms with van der Waals surface area (Å²) in [5, 5.41) is 5.90. The average Bonchev–Trinajstić information content (AvgIpc) is 3.08. The third-order valence-corrected chi connectivity index (χ3v) is 4.57. The van der Waals surface area contributed by atoms with Crippen LogP contribution >= 0.6 is 11.6 Å². The number of rotatable bonds is 6. The number of hydrogen-bond acceptors (Lipinski definition) is 5. The Labute approximate surface area is 169 Å². The lowest BCUT2D eigenvalue weighted by Gasteiger charge is -2.16. The van der Waals surface area contributed by atoms with Gasteiger partial charge in [0.2, 0.25) is 0 Å². The molecule has 0 N–H and O–H groups in total. The van der Waals surface area contributed by atoms with Crippen molar-refractivity contribution in [3.05, 3.63) is 47.0 Å². The number of nitrogens with zero attached hydrogens (tertiary/aromatic N) is 4. The molecule has 0 aliphatic rings. The molecule has 0 aliphatic heterocycles. The number of halogens is 1. The number of ether oxygens (including phenoxy) is 1. The molecule has 0 aliphatic carbocycles. The van der Waals surface area contributed by atoms with E-state index in [4.69, 9.17) is 21.3 Å². The Kier molecular flexibility index (Phi) is 6.09. The van der Waals surface area contributed by atoms with Gasteiger partial charge in [0.1, 0.15) is 0 Å². The largest absolute Gasteiger partial charge is 0.463 e. The van der Waals surface area contributed by atoms with Gasteiger partial charge in [0.15, 0.2) is 5.65 Å². The zero-order valence-electron chi connectivity index (χ0n) is 16.4. The van der Waals surface area contributed by atoms with Crippen LogP contribution in [0.15, 0.2) is 30.7 Å². The Morgan fingerprint density at radius 1 is 1.29 bits per heavy atom. The number of carbonyl (C=O) groups excluding carboxylic acids is 1. The Balaban J connectivity index is 2.35. The molecule has 0 fully saturated rings. The van der Waals surface area contributed by atoms with Crippen LogP contribution < -0.4 is 0 Å². The van der Waals surface area contributed by atoms with Crippen molar-refractivity contribution in [1.82, 2.24) is 19.7 Å².